The monoisotopic (exact) mass is 961 g/mol. The van der Waals surface area contributed by atoms with Crippen LogP contribution in [0, 0.1) is 50.2 Å². The van der Waals surface area contributed by atoms with Crippen molar-refractivity contribution >= 4 is 0 Å². The molecule has 8 aliphatic rings. The molecule has 0 bridgehead atoms. The molecule has 0 aromatic heterocycles. The lowest BCUT2D eigenvalue weighted by atomic mass is 9.33. The Morgan fingerprint density at radius 2 is 1.18 bits per heavy atom. The molecular weight excluding hydrogens is 881 g/mol. The van der Waals surface area contributed by atoms with Crippen LogP contribution in [-0.2, 0) is 28.4 Å². The van der Waals surface area contributed by atoms with Crippen LogP contribution in [-0.4, -0.2) is 203 Å². The summed E-state index contributed by atoms with van der Waals surface area (Å²) in [7, 11) is 0. The van der Waals surface area contributed by atoms with Crippen LogP contribution in [0.5, 0.6) is 0 Å². The van der Waals surface area contributed by atoms with E-state index in [2.05, 4.69) is 34.6 Å². The number of fused-ring (bicyclic) bond motifs is 7. The second-order valence-corrected chi connectivity index (χ2v) is 23.6. The molecule has 0 amide bonds. The minimum Gasteiger partial charge on any atom is -0.396 e. The van der Waals surface area contributed by atoms with E-state index >= 15 is 0 Å². The molecule has 3 saturated heterocycles. The van der Waals surface area contributed by atoms with Crippen LogP contribution in [0.2, 0.25) is 0 Å². The molecule has 0 aromatic rings. The van der Waals surface area contributed by atoms with Crippen molar-refractivity contribution in [3.8, 4) is 0 Å². The predicted molar refractivity (Wildman–Crippen MR) is 233 cm³/mol. The smallest absolute Gasteiger partial charge is 0.187 e. The summed E-state index contributed by atoms with van der Waals surface area (Å²) in [5.41, 5.74) is -2.16. The number of aliphatic hydroxyl groups excluding tert-OH is 13. The number of rotatable bonds is 10. The molecule has 4 saturated carbocycles. The van der Waals surface area contributed by atoms with Crippen LogP contribution in [0.25, 0.3) is 0 Å². The zero-order valence-electron chi connectivity index (χ0n) is 40.0. The van der Waals surface area contributed by atoms with Gasteiger partial charge in [0.05, 0.1) is 50.8 Å². The van der Waals surface area contributed by atoms with Crippen molar-refractivity contribution in [3.63, 3.8) is 0 Å². The molecule has 386 valence electrons. The number of hydrogen-bond donors (Lipinski definition) is 13. The quantitative estimate of drug-likeness (QED) is 0.0881. The molecule has 67 heavy (non-hydrogen) atoms. The highest BCUT2D eigenvalue weighted by Gasteiger charge is 2.72. The first-order chi connectivity index (χ1) is 31.3. The van der Waals surface area contributed by atoms with Gasteiger partial charge in [-0.3, -0.25) is 0 Å². The summed E-state index contributed by atoms with van der Waals surface area (Å²) >= 11 is 0. The van der Waals surface area contributed by atoms with Crippen LogP contribution >= 0.6 is 0 Å². The molecule has 8 rings (SSSR count). The van der Waals surface area contributed by atoms with Crippen LogP contribution < -0.4 is 0 Å². The first-order valence-corrected chi connectivity index (χ1v) is 24.5. The summed E-state index contributed by atoms with van der Waals surface area (Å²) in [6.07, 6.45) is -20.1. The number of aliphatic hydroxyl groups is 13. The maximum atomic E-state index is 12.6. The van der Waals surface area contributed by atoms with E-state index in [1.165, 1.54) is 6.92 Å². The maximum Gasteiger partial charge on any atom is 0.187 e. The van der Waals surface area contributed by atoms with Gasteiger partial charge in [0.25, 0.3) is 0 Å². The molecule has 26 atom stereocenters. The van der Waals surface area contributed by atoms with Crippen LogP contribution in [0.15, 0.2) is 11.6 Å². The first-order valence-electron chi connectivity index (χ1n) is 24.5. The summed E-state index contributed by atoms with van der Waals surface area (Å²) in [6.45, 7) is 12.6. The third-order valence-electron chi connectivity index (χ3n) is 19.5. The highest BCUT2D eigenvalue weighted by molar-refractivity contribution is 5.37. The van der Waals surface area contributed by atoms with Crippen molar-refractivity contribution in [3.05, 3.63) is 11.6 Å². The van der Waals surface area contributed by atoms with E-state index in [0.29, 0.717) is 38.5 Å². The van der Waals surface area contributed by atoms with Crippen LogP contribution in [0.1, 0.15) is 99.8 Å². The molecule has 0 aromatic carbocycles. The molecule has 3 aliphatic heterocycles. The van der Waals surface area contributed by atoms with E-state index in [9.17, 15) is 66.4 Å². The zero-order chi connectivity index (χ0) is 49.1. The normalized spacial score (nSPS) is 56.5. The van der Waals surface area contributed by atoms with Crippen LogP contribution in [0.3, 0.4) is 0 Å². The van der Waals surface area contributed by atoms with Crippen molar-refractivity contribution in [2.75, 3.05) is 26.4 Å². The standard InChI is InChI=1S/C48H80O19/c1-21-30(55)37(66-40-35(60)33(58)31(56)25(17-49)63-40)38(67-41-36(61)34(59)32(57)26(18-50)64-41)42(62-21)65-29-9-10-44(4)27(45(29,5)19-51)8-11-46(6)39(44)24(53)14-22-23-15-43(2,3)12-13-48(23,20-52)28(54)16-47(22,46)7/h14,21,23-42,49-61H,8-13,15-20H2,1-7H3/t21-,23?,24?,25-,26-,27?,28+,29+,30+,31-,32-,33+,34+,35-,36-,37+,38-,39?,40+,41+,42+,44+,45+,46-,47-,48?/m1/s1. The van der Waals surface area contributed by atoms with Crippen molar-refractivity contribution in [2.24, 2.45) is 50.2 Å². The average Bonchev–Trinajstić information content (AvgIpc) is 3.28. The van der Waals surface area contributed by atoms with Crippen molar-refractivity contribution < 1.29 is 94.8 Å². The fourth-order valence-corrected chi connectivity index (χ4v) is 15.3. The average molecular weight is 961 g/mol. The predicted octanol–water partition coefficient (Wildman–Crippen LogP) is -1.44. The number of allylic oxidation sites excluding steroid dienone is 1. The van der Waals surface area contributed by atoms with Gasteiger partial charge >= 0.3 is 0 Å². The first kappa shape index (κ1) is 52.3. The van der Waals surface area contributed by atoms with E-state index in [1.807, 2.05) is 13.0 Å². The van der Waals surface area contributed by atoms with Gasteiger partial charge in [0.15, 0.2) is 18.9 Å². The molecule has 19 heteroatoms. The van der Waals surface area contributed by atoms with Crippen molar-refractivity contribution in [1.82, 2.24) is 0 Å². The van der Waals surface area contributed by atoms with Gasteiger partial charge in [0, 0.05) is 16.7 Å². The minimum absolute atomic E-state index is 0.0152. The molecule has 5 unspecified atom stereocenters. The number of hydrogen-bond acceptors (Lipinski definition) is 19. The van der Waals surface area contributed by atoms with Crippen LogP contribution in [0.4, 0.5) is 0 Å². The summed E-state index contributed by atoms with van der Waals surface area (Å²) in [5, 5.41) is 143. The lowest BCUT2D eigenvalue weighted by Crippen LogP contribution is -2.70. The highest BCUT2D eigenvalue weighted by atomic mass is 16.8. The maximum absolute atomic E-state index is 12.6. The van der Waals surface area contributed by atoms with E-state index in [-0.39, 0.29) is 36.4 Å². The lowest BCUT2D eigenvalue weighted by Gasteiger charge is -2.72. The summed E-state index contributed by atoms with van der Waals surface area (Å²) in [6, 6.07) is 0. The molecule has 19 nitrogen and oxygen atoms in total. The Morgan fingerprint density at radius 3 is 1.73 bits per heavy atom. The van der Waals surface area contributed by atoms with Gasteiger partial charge in [-0.25, -0.2) is 0 Å². The Bertz CT molecular complexity index is 1790. The second kappa shape index (κ2) is 18.5. The van der Waals surface area contributed by atoms with Gasteiger partial charge in [0.1, 0.15) is 67.1 Å². The Labute approximate surface area is 392 Å². The van der Waals surface area contributed by atoms with Gasteiger partial charge in [-0.1, -0.05) is 53.2 Å². The van der Waals surface area contributed by atoms with Gasteiger partial charge < -0.3 is 94.8 Å². The third-order valence-corrected chi connectivity index (χ3v) is 19.5. The summed E-state index contributed by atoms with van der Waals surface area (Å²) in [5.74, 6) is -0.654. The SMILES string of the molecule is C[C@H]1O[C@@H](O[C@H]2CC[C@@]3(C)C(CC[C@]4(C)C3C(O)C=C3C5CC(C)(C)CCC5(CO)[C@@H](O)C[C@]34C)[C@]2(C)CO)[C@H](O[C@@H]2O[C@H](CO)[C@@H](O)[C@H](O)[C@H]2O)[C@@H](O[C@@H]2O[C@H](CO)[C@@H](O)[C@H](O)[C@H]2O)[C@H]1O. The Morgan fingerprint density at radius 1 is 0.597 bits per heavy atom. The Hall–Kier alpha value is -1.02. The van der Waals surface area contributed by atoms with Gasteiger partial charge in [-0.05, 0) is 91.8 Å². The molecule has 5 aliphatic carbocycles. The zero-order valence-corrected chi connectivity index (χ0v) is 40.0. The summed E-state index contributed by atoms with van der Waals surface area (Å²) in [4.78, 5) is 0. The molecule has 0 spiro atoms. The van der Waals surface area contributed by atoms with E-state index in [0.717, 1.165) is 18.4 Å². The lowest BCUT2D eigenvalue weighted by molar-refractivity contribution is -0.398. The molecule has 7 fully saturated rings. The highest BCUT2D eigenvalue weighted by Crippen LogP contribution is 2.76. The fraction of sp³-hybridized carbons (Fsp3) is 0.958. The van der Waals surface area contributed by atoms with Crippen molar-refractivity contribution in [2.45, 2.75) is 210 Å². The molecule has 3 heterocycles. The molecule has 13 N–H and O–H groups in total. The van der Waals surface area contributed by atoms with Gasteiger partial charge in [-0.2, -0.15) is 0 Å². The van der Waals surface area contributed by atoms with Crippen molar-refractivity contribution in [1.29, 1.82) is 0 Å². The fourth-order valence-electron chi connectivity index (χ4n) is 15.3. The summed E-state index contributed by atoms with van der Waals surface area (Å²) < 4.78 is 37.1. The topological polar surface area (TPSA) is 318 Å². The second-order valence-electron chi connectivity index (χ2n) is 23.6. The third kappa shape index (κ3) is 8.05. The van der Waals surface area contributed by atoms with E-state index < -0.39 is 151 Å². The minimum atomic E-state index is -1.91. The van der Waals surface area contributed by atoms with E-state index in [1.54, 1.807) is 0 Å². The Kier molecular flexibility index (Phi) is 14.4. The largest absolute Gasteiger partial charge is 0.396 e. The molecular formula is C48H80O19. The molecule has 0 radical (unpaired) electrons. The van der Waals surface area contributed by atoms with E-state index in [4.69, 9.17) is 28.4 Å². The number of ether oxygens (including phenoxy) is 6. The Balaban J connectivity index is 1.12. The van der Waals surface area contributed by atoms with Gasteiger partial charge in [0.2, 0.25) is 0 Å². The van der Waals surface area contributed by atoms with Gasteiger partial charge in [-0.15, -0.1) is 0 Å².